The molecule has 0 fully saturated rings. The molecule has 0 saturated heterocycles. The van der Waals surface area contributed by atoms with Crippen LogP contribution in [-0.4, -0.2) is 24.4 Å². The molecule has 19 heavy (non-hydrogen) atoms. The molecular weight excluding hydrogens is 246 g/mol. The lowest BCUT2D eigenvalue weighted by molar-refractivity contribution is 0.352. The van der Waals surface area contributed by atoms with Gasteiger partial charge in [-0.1, -0.05) is 12.1 Å². The van der Waals surface area contributed by atoms with Crippen molar-refractivity contribution in [3.8, 4) is 22.9 Å². The van der Waals surface area contributed by atoms with Crippen LogP contribution < -0.4 is 15.2 Å². The third-order valence-electron chi connectivity index (χ3n) is 2.81. The zero-order valence-corrected chi connectivity index (χ0v) is 11.2. The lowest BCUT2D eigenvalue weighted by atomic mass is 10.2. The Kier molecular flexibility index (Phi) is 4.01. The molecule has 1 atom stereocenters. The third kappa shape index (κ3) is 2.85. The molecule has 102 valence electrons. The lowest BCUT2D eigenvalue weighted by Gasteiger charge is -2.05. The monoisotopic (exact) mass is 263 g/mol. The second-order valence-electron chi connectivity index (χ2n) is 4.07. The molecule has 6 heteroatoms. The fourth-order valence-electron chi connectivity index (χ4n) is 1.61. The third-order valence-corrected chi connectivity index (χ3v) is 2.81. The summed E-state index contributed by atoms with van der Waals surface area (Å²) in [6.45, 7) is 1.96. The Hall–Kier alpha value is -2.08. The summed E-state index contributed by atoms with van der Waals surface area (Å²) < 4.78 is 15.6. The summed E-state index contributed by atoms with van der Waals surface area (Å²) in [7, 11) is 3.18. The number of hydrogen-bond donors (Lipinski definition) is 1. The van der Waals surface area contributed by atoms with Crippen molar-refractivity contribution in [1.29, 1.82) is 0 Å². The van der Waals surface area contributed by atoms with E-state index in [0.29, 0.717) is 23.2 Å². The van der Waals surface area contributed by atoms with Crippen LogP contribution in [0.25, 0.3) is 11.4 Å². The van der Waals surface area contributed by atoms with Gasteiger partial charge in [-0.05, 0) is 18.6 Å². The van der Waals surface area contributed by atoms with Crippen LogP contribution >= 0.6 is 0 Å². The summed E-state index contributed by atoms with van der Waals surface area (Å²) in [5, 5.41) is 3.93. The molecule has 1 aromatic carbocycles. The molecule has 0 spiro atoms. The van der Waals surface area contributed by atoms with Crippen molar-refractivity contribution in [3.63, 3.8) is 0 Å². The van der Waals surface area contributed by atoms with Crippen molar-refractivity contribution in [1.82, 2.24) is 10.1 Å². The van der Waals surface area contributed by atoms with Crippen LogP contribution in [-0.2, 0) is 0 Å². The topological polar surface area (TPSA) is 83.4 Å². The SMILES string of the molecule is CCC(N)c1nc(-c2cc(OC)cc(OC)c2)no1. The van der Waals surface area contributed by atoms with Crippen LogP contribution in [0.3, 0.4) is 0 Å². The van der Waals surface area contributed by atoms with Gasteiger partial charge < -0.3 is 19.7 Å². The number of methoxy groups -OCH3 is 2. The first-order valence-electron chi connectivity index (χ1n) is 6.00. The van der Waals surface area contributed by atoms with Gasteiger partial charge in [0.1, 0.15) is 11.5 Å². The maximum Gasteiger partial charge on any atom is 0.243 e. The van der Waals surface area contributed by atoms with Crippen LogP contribution in [0.2, 0.25) is 0 Å². The Bertz CT molecular complexity index is 532. The van der Waals surface area contributed by atoms with Gasteiger partial charge in [-0.25, -0.2) is 0 Å². The predicted octanol–water partition coefficient (Wildman–Crippen LogP) is 2.16. The minimum absolute atomic E-state index is 0.242. The van der Waals surface area contributed by atoms with Crippen molar-refractivity contribution >= 4 is 0 Å². The predicted molar refractivity (Wildman–Crippen MR) is 70.1 cm³/mol. The smallest absolute Gasteiger partial charge is 0.243 e. The van der Waals surface area contributed by atoms with Gasteiger partial charge in [0.2, 0.25) is 11.7 Å². The van der Waals surface area contributed by atoms with E-state index in [2.05, 4.69) is 10.1 Å². The van der Waals surface area contributed by atoms with E-state index in [1.54, 1.807) is 20.3 Å². The van der Waals surface area contributed by atoms with E-state index >= 15 is 0 Å². The highest BCUT2D eigenvalue weighted by atomic mass is 16.5. The average molecular weight is 263 g/mol. The van der Waals surface area contributed by atoms with Gasteiger partial charge in [-0.2, -0.15) is 4.98 Å². The lowest BCUT2D eigenvalue weighted by Crippen LogP contribution is -2.08. The Morgan fingerprint density at radius 2 is 1.84 bits per heavy atom. The zero-order chi connectivity index (χ0) is 13.8. The fourth-order valence-corrected chi connectivity index (χ4v) is 1.61. The quantitative estimate of drug-likeness (QED) is 0.890. The maximum absolute atomic E-state index is 5.85. The molecule has 0 saturated carbocycles. The Morgan fingerprint density at radius 3 is 2.37 bits per heavy atom. The van der Waals surface area contributed by atoms with E-state index in [1.807, 2.05) is 19.1 Å². The van der Waals surface area contributed by atoms with Crippen molar-refractivity contribution < 1.29 is 14.0 Å². The summed E-state index contributed by atoms with van der Waals surface area (Å²) in [5.41, 5.74) is 6.61. The molecule has 0 radical (unpaired) electrons. The van der Waals surface area contributed by atoms with E-state index in [1.165, 1.54) is 0 Å². The van der Waals surface area contributed by atoms with Crippen molar-refractivity contribution in [2.24, 2.45) is 5.73 Å². The Morgan fingerprint density at radius 1 is 1.21 bits per heavy atom. The molecule has 6 nitrogen and oxygen atoms in total. The molecular formula is C13H17N3O3. The van der Waals surface area contributed by atoms with Gasteiger partial charge in [-0.3, -0.25) is 0 Å². The number of aromatic nitrogens is 2. The van der Waals surface area contributed by atoms with E-state index in [9.17, 15) is 0 Å². The van der Waals surface area contributed by atoms with Crippen LogP contribution in [0, 0.1) is 0 Å². The van der Waals surface area contributed by atoms with Crippen LogP contribution in [0.1, 0.15) is 25.3 Å². The van der Waals surface area contributed by atoms with Crippen LogP contribution in [0.4, 0.5) is 0 Å². The van der Waals surface area contributed by atoms with Gasteiger partial charge >= 0.3 is 0 Å². The number of benzene rings is 1. The van der Waals surface area contributed by atoms with Gasteiger partial charge in [0.05, 0.1) is 20.3 Å². The van der Waals surface area contributed by atoms with Crippen molar-refractivity contribution in [3.05, 3.63) is 24.1 Å². The van der Waals surface area contributed by atoms with Crippen LogP contribution in [0.5, 0.6) is 11.5 Å². The fraction of sp³-hybridized carbons (Fsp3) is 0.385. The van der Waals surface area contributed by atoms with Crippen LogP contribution in [0.15, 0.2) is 22.7 Å². The minimum Gasteiger partial charge on any atom is -0.497 e. The molecule has 2 aromatic rings. The molecule has 0 bridgehead atoms. The second kappa shape index (κ2) is 5.71. The van der Waals surface area contributed by atoms with Gasteiger partial charge in [0.15, 0.2) is 0 Å². The first-order valence-corrected chi connectivity index (χ1v) is 6.00. The molecule has 1 aromatic heterocycles. The highest BCUT2D eigenvalue weighted by molar-refractivity contribution is 5.60. The number of rotatable bonds is 5. The van der Waals surface area contributed by atoms with Gasteiger partial charge in [-0.15, -0.1) is 0 Å². The molecule has 2 N–H and O–H groups in total. The molecule has 2 rings (SSSR count). The largest absolute Gasteiger partial charge is 0.497 e. The highest BCUT2D eigenvalue weighted by Gasteiger charge is 2.15. The minimum atomic E-state index is -0.242. The first kappa shape index (κ1) is 13.4. The number of nitrogens with two attached hydrogens (primary N) is 1. The molecule has 0 amide bonds. The molecule has 0 aliphatic heterocycles. The summed E-state index contributed by atoms with van der Waals surface area (Å²) in [6, 6.07) is 5.17. The molecule has 1 unspecified atom stereocenters. The van der Waals surface area contributed by atoms with E-state index < -0.39 is 0 Å². The summed E-state index contributed by atoms with van der Waals surface area (Å²) >= 11 is 0. The first-order chi connectivity index (χ1) is 9.17. The van der Waals surface area contributed by atoms with E-state index in [0.717, 1.165) is 12.0 Å². The number of hydrogen-bond acceptors (Lipinski definition) is 6. The highest BCUT2D eigenvalue weighted by Crippen LogP contribution is 2.28. The maximum atomic E-state index is 5.85. The Balaban J connectivity index is 2.37. The summed E-state index contributed by atoms with van der Waals surface area (Å²) in [5.74, 6) is 2.23. The summed E-state index contributed by atoms with van der Waals surface area (Å²) in [4.78, 5) is 4.29. The molecule has 1 heterocycles. The van der Waals surface area contributed by atoms with Crippen molar-refractivity contribution in [2.45, 2.75) is 19.4 Å². The standard InChI is InChI=1S/C13H17N3O3/c1-4-11(14)13-15-12(16-19-13)8-5-9(17-2)7-10(6-8)18-3/h5-7,11H,4,14H2,1-3H3. The summed E-state index contributed by atoms with van der Waals surface area (Å²) in [6.07, 6.45) is 0.739. The van der Waals surface area contributed by atoms with E-state index in [-0.39, 0.29) is 6.04 Å². The average Bonchev–Trinajstić information content (AvgIpc) is 2.95. The number of ether oxygens (including phenoxy) is 2. The zero-order valence-electron chi connectivity index (χ0n) is 11.2. The second-order valence-corrected chi connectivity index (χ2v) is 4.07. The van der Waals surface area contributed by atoms with E-state index in [4.69, 9.17) is 19.7 Å². The normalized spacial score (nSPS) is 12.2. The molecule has 0 aliphatic carbocycles. The Labute approximate surface area is 111 Å². The molecule has 0 aliphatic rings. The van der Waals surface area contributed by atoms with Crippen molar-refractivity contribution in [2.75, 3.05) is 14.2 Å². The number of nitrogens with zero attached hydrogens (tertiary/aromatic N) is 2. The van der Waals surface area contributed by atoms with Gasteiger partial charge in [0, 0.05) is 11.6 Å². The van der Waals surface area contributed by atoms with Gasteiger partial charge in [0.25, 0.3) is 0 Å².